The van der Waals surface area contributed by atoms with Crippen LogP contribution in [0.5, 0.6) is 0 Å². The Morgan fingerprint density at radius 2 is 1.92 bits per heavy atom. The molecule has 1 amide bonds. The van der Waals surface area contributed by atoms with Crippen molar-refractivity contribution in [3.63, 3.8) is 0 Å². The summed E-state index contributed by atoms with van der Waals surface area (Å²) in [5.41, 5.74) is 1.78. The molecule has 0 saturated carbocycles. The molecule has 26 heavy (non-hydrogen) atoms. The third-order valence-electron chi connectivity index (χ3n) is 6.02. The summed E-state index contributed by atoms with van der Waals surface area (Å²) in [7, 11) is 0. The predicted octanol–water partition coefficient (Wildman–Crippen LogP) is 1.48. The van der Waals surface area contributed by atoms with Crippen LogP contribution in [0.2, 0.25) is 0 Å². The van der Waals surface area contributed by atoms with Crippen molar-refractivity contribution in [2.75, 3.05) is 26.2 Å². The lowest BCUT2D eigenvalue weighted by Crippen LogP contribution is -2.45. The molecule has 140 valence electrons. The summed E-state index contributed by atoms with van der Waals surface area (Å²) in [5.74, 6) is 0.174. The first-order chi connectivity index (χ1) is 12.6. The average Bonchev–Trinajstić information content (AvgIpc) is 3.23. The highest BCUT2D eigenvalue weighted by molar-refractivity contribution is 5.73. The lowest BCUT2D eigenvalue weighted by Gasteiger charge is -2.36. The van der Waals surface area contributed by atoms with Gasteiger partial charge in [-0.1, -0.05) is 0 Å². The fourth-order valence-electron chi connectivity index (χ4n) is 4.60. The number of carbonyl (C=O) groups excluding carboxylic acids is 1. The standard InChI is InChI=1S/C19H27N5O2/c1-3-23-17-5-4-9-20-18(17)24(19(23)26)16-8-12-22(13-16)15-6-10-21(11-7-15)14(2)25/h4-5,9,15-16H,3,6-8,10-13H2,1-2H3/t16-/m1/s1. The molecule has 0 N–H and O–H groups in total. The summed E-state index contributed by atoms with van der Waals surface area (Å²) in [4.78, 5) is 33.4. The van der Waals surface area contributed by atoms with Gasteiger partial charge in [-0.15, -0.1) is 0 Å². The van der Waals surface area contributed by atoms with E-state index in [2.05, 4.69) is 9.88 Å². The monoisotopic (exact) mass is 357 g/mol. The van der Waals surface area contributed by atoms with Crippen LogP contribution in [0.25, 0.3) is 11.2 Å². The number of hydrogen-bond donors (Lipinski definition) is 0. The highest BCUT2D eigenvalue weighted by Crippen LogP contribution is 2.28. The third kappa shape index (κ3) is 2.84. The first-order valence-corrected chi connectivity index (χ1v) is 9.65. The molecule has 2 aliphatic heterocycles. The molecular weight excluding hydrogens is 330 g/mol. The average molecular weight is 357 g/mol. The van der Waals surface area contributed by atoms with Crippen molar-refractivity contribution in [3.05, 3.63) is 28.8 Å². The molecule has 0 spiro atoms. The maximum Gasteiger partial charge on any atom is 0.330 e. The fourth-order valence-corrected chi connectivity index (χ4v) is 4.60. The van der Waals surface area contributed by atoms with Crippen molar-refractivity contribution in [1.29, 1.82) is 0 Å². The highest BCUT2D eigenvalue weighted by atomic mass is 16.2. The summed E-state index contributed by atoms with van der Waals surface area (Å²) in [5, 5.41) is 0. The van der Waals surface area contributed by atoms with E-state index in [9.17, 15) is 9.59 Å². The Morgan fingerprint density at radius 3 is 2.62 bits per heavy atom. The van der Waals surface area contributed by atoms with Gasteiger partial charge < -0.3 is 4.90 Å². The molecule has 2 saturated heterocycles. The van der Waals surface area contributed by atoms with Gasteiger partial charge in [0.1, 0.15) is 0 Å². The Bertz CT molecular complexity index is 862. The van der Waals surface area contributed by atoms with Gasteiger partial charge in [0.05, 0.1) is 11.6 Å². The number of aryl methyl sites for hydroxylation is 1. The highest BCUT2D eigenvalue weighted by Gasteiger charge is 2.33. The van der Waals surface area contributed by atoms with Gasteiger partial charge in [-0.2, -0.15) is 0 Å². The maximum absolute atomic E-state index is 12.9. The second-order valence-electron chi connectivity index (χ2n) is 7.42. The van der Waals surface area contributed by atoms with Gasteiger partial charge in [-0.25, -0.2) is 9.78 Å². The van der Waals surface area contributed by atoms with Gasteiger partial charge >= 0.3 is 5.69 Å². The fraction of sp³-hybridized carbons (Fsp3) is 0.632. The Morgan fingerprint density at radius 1 is 1.19 bits per heavy atom. The van der Waals surface area contributed by atoms with Crippen molar-refractivity contribution < 1.29 is 4.79 Å². The minimum absolute atomic E-state index is 0.0550. The van der Waals surface area contributed by atoms with Gasteiger partial charge in [0, 0.05) is 51.9 Å². The van der Waals surface area contributed by atoms with Crippen LogP contribution in [0, 0.1) is 0 Å². The normalized spacial score (nSPS) is 22.4. The van der Waals surface area contributed by atoms with E-state index in [-0.39, 0.29) is 17.6 Å². The molecule has 2 aromatic rings. The first kappa shape index (κ1) is 17.3. The van der Waals surface area contributed by atoms with Crippen LogP contribution in [-0.2, 0) is 11.3 Å². The van der Waals surface area contributed by atoms with Crippen LogP contribution in [0.1, 0.15) is 39.2 Å². The zero-order valence-corrected chi connectivity index (χ0v) is 15.6. The topological polar surface area (TPSA) is 63.4 Å². The summed E-state index contributed by atoms with van der Waals surface area (Å²) in [6.07, 6.45) is 4.79. The van der Waals surface area contributed by atoms with Crippen LogP contribution >= 0.6 is 0 Å². The van der Waals surface area contributed by atoms with E-state index in [4.69, 9.17) is 0 Å². The molecular formula is C19H27N5O2. The molecule has 0 bridgehead atoms. The summed E-state index contributed by atoms with van der Waals surface area (Å²) >= 11 is 0. The number of aromatic nitrogens is 3. The van der Waals surface area contributed by atoms with Crippen LogP contribution in [0.4, 0.5) is 0 Å². The van der Waals surface area contributed by atoms with Crippen molar-refractivity contribution in [1.82, 2.24) is 23.9 Å². The number of likely N-dealkylation sites (tertiary alicyclic amines) is 2. The largest absolute Gasteiger partial charge is 0.343 e. The quantitative estimate of drug-likeness (QED) is 0.835. The summed E-state index contributed by atoms with van der Waals surface area (Å²) < 4.78 is 3.72. The number of fused-ring (bicyclic) bond motifs is 1. The van der Waals surface area contributed by atoms with Crippen LogP contribution in [0.15, 0.2) is 23.1 Å². The molecule has 2 aliphatic rings. The second-order valence-corrected chi connectivity index (χ2v) is 7.42. The zero-order chi connectivity index (χ0) is 18.3. The van der Waals surface area contributed by atoms with Gasteiger partial charge in [-0.05, 0) is 38.3 Å². The Balaban J connectivity index is 1.53. The van der Waals surface area contributed by atoms with Gasteiger partial charge in [0.2, 0.25) is 5.91 Å². The molecule has 4 heterocycles. The molecule has 2 aromatic heterocycles. The lowest BCUT2D eigenvalue weighted by molar-refractivity contribution is -0.130. The number of carbonyl (C=O) groups is 1. The minimum atomic E-state index is 0.0550. The SMILES string of the molecule is CCn1c(=O)n([C@@H]2CCN(C3CCN(C(C)=O)CC3)C2)c2ncccc21. The second kappa shape index (κ2) is 6.87. The van der Waals surface area contributed by atoms with Crippen LogP contribution < -0.4 is 5.69 Å². The van der Waals surface area contributed by atoms with Crippen LogP contribution in [-0.4, -0.2) is 62.0 Å². The van der Waals surface area contributed by atoms with Crippen molar-refractivity contribution >= 4 is 17.1 Å². The zero-order valence-electron chi connectivity index (χ0n) is 15.6. The molecule has 2 fully saturated rings. The van der Waals surface area contributed by atoms with E-state index in [0.29, 0.717) is 12.6 Å². The minimum Gasteiger partial charge on any atom is -0.343 e. The number of nitrogens with zero attached hydrogens (tertiary/aromatic N) is 5. The number of piperidine rings is 1. The number of hydrogen-bond acceptors (Lipinski definition) is 4. The molecule has 1 atom stereocenters. The third-order valence-corrected chi connectivity index (χ3v) is 6.02. The van der Waals surface area contributed by atoms with Crippen molar-refractivity contribution in [2.45, 2.75) is 51.7 Å². The molecule has 0 aliphatic carbocycles. The van der Waals surface area contributed by atoms with E-state index in [1.165, 1.54) is 0 Å². The van der Waals surface area contributed by atoms with E-state index >= 15 is 0 Å². The molecule has 0 radical (unpaired) electrons. The molecule has 0 aromatic carbocycles. The van der Waals surface area contributed by atoms with Crippen LogP contribution in [0.3, 0.4) is 0 Å². The lowest BCUT2D eigenvalue weighted by atomic mass is 10.0. The Labute approximate surface area is 153 Å². The van der Waals surface area contributed by atoms with Crippen molar-refractivity contribution in [3.8, 4) is 0 Å². The van der Waals surface area contributed by atoms with E-state index in [0.717, 1.165) is 56.6 Å². The van der Waals surface area contributed by atoms with E-state index in [1.807, 2.05) is 33.1 Å². The number of amides is 1. The predicted molar refractivity (Wildman–Crippen MR) is 100 cm³/mol. The Kier molecular flexibility index (Phi) is 4.56. The summed E-state index contributed by atoms with van der Waals surface area (Å²) in [6, 6.07) is 4.56. The van der Waals surface area contributed by atoms with Gasteiger partial charge in [-0.3, -0.25) is 18.8 Å². The molecule has 7 nitrogen and oxygen atoms in total. The van der Waals surface area contributed by atoms with Crippen molar-refractivity contribution in [2.24, 2.45) is 0 Å². The number of imidazole rings is 1. The Hall–Kier alpha value is -2.15. The van der Waals surface area contributed by atoms with Gasteiger partial charge in [0.15, 0.2) is 5.65 Å². The number of pyridine rings is 1. The first-order valence-electron chi connectivity index (χ1n) is 9.65. The number of rotatable bonds is 3. The summed E-state index contributed by atoms with van der Waals surface area (Å²) in [6.45, 7) is 7.90. The molecule has 0 unspecified atom stereocenters. The molecule has 7 heteroatoms. The van der Waals surface area contributed by atoms with E-state index in [1.54, 1.807) is 13.1 Å². The molecule has 4 rings (SSSR count). The maximum atomic E-state index is 12.9. The van der Waals surface area contributed by atoms with Gasteiger partial charge in [0.25, 0.3) is 0 Å². The van der Waals surface area contributed by atoms with E-state index < -0.39 is 0 Å². The smallest absolute Gasteiger partial charge is 0.330 e.